The average molecular weight is 550 g/mol. The van der Waals surface area contributed by atoms with E-state index >= 15 is 0 Å². The van der Waals surface area contributed by atoms with Crippen LogP contribution >= 0.6 is 37.0 Å². The number of carbonyl (C=O) groups is 3. The number of nitrogens with zero attached hydrogens (tertiary/aromatic N) is 7. The molecule has 1 saturated heterocycles. The Balaban J connectivity index is 1.42. The van der Waals surface area contributed by atoms with Crippen molar-refractivity contribution in [1.82, 2.24) is 25.1 Å². The molecule has 186 valence electrons. The Bertz CT molecular complexity index is 1380. The molecule has 2 N–H and O–H groups in total. The number of benzene rings is 1. The van der Waals surface area contributed by atoms with Gasteiger partial charge in [-0.3, -0.25) is 24.8 Å². The highest BCUT2D eigenvalue weighted by molar-refractivity contribution is 8.00. The highest BCUT2D eigenvalue weighted by Gasteiger charge is 2.63. The van der Waals surface area contributed by atoms with Crippen LogP contribution in [-0.4, -0.2) is 86.7 Å². The van der Waals surface area contributed by atoms with E-state index in [0.29, 0.717) is 5.56 Å². The molecule has 0 bridgehead atoms. The summed E-state index contributed by atoms with van der Waals surface area (Å²) in [6.45, 7) is 0. The molecule has 5 rings (SSSR count). The van der Waals surface area contributed by atoms with Crippen LogP contribution < -0.4 is 0 Å². The summed E-state index contributed by atoms with van der Waals surface area (Å²) in [5.41, 5.74) is 0.374. The van der Waals surface area contributed by atoms with Gasteiger partial charge in [-0.1, -0.05) is 0 Å². The third-order valence-corrected chi connectivity index (χ3v) is 9.07. The fraction of sp³-hybridized carbons (Fsp3) is 0.316. The van der Waals surface area contributed by atoms with Gasteiger partial charge in [0.15, 0.2) is 17.9 Å². The third-order valence-electron chi connectivity index (χ3n) is 6.15. The monoisotopic (exact) mass is 549 g/mol. The number of thiol groups is 2. The van der Waals surface area contributed by atoms with Crippen molar-refractivity contribution in [3.05, 3.63) is 57.0 Å². The first-order valence-electron chi connectivity index (χ1n) is 10.2. The highest BCUT2D eigenvalue weighted by Crippen LogP contribution is 2.55. The molecule has 1 aromatic carbocycles. The molecule has 14 nitrogen and oxygen atoms in total. The lowest BCUT2D eigenvalue weighted by atomic mass is 9.83. The number of non-ortho nitro benzene ring substituents is 1. The van der Waals surface area contributed by atoms with Crippen molar-refractivity contribution in [3.8, 4) is 0 Å². The second-order valence-electron chi connectivity index (χ2n) is 8.08. The molecule has 2 aromatic rings. The fourth-order valence-corrected chi connectivity index (χ4v) is 6.89. The second-order valence-corrected chi connectivity index (χ2v) is 10.4. The van der Waals surface area contributed by atoms with E-state index in [2.05, 4.69) is 45.8 Å². The minimum absolute atomic E-state index is 0.0847. The molecule has 1 amide bonds. The van der Waals surface area contributed by atoms with E-state index in [1.807, 2.05) is 0 Å². The van der Waals surface area contributed by atoms with Crippen LogP contribution in [0.1, 0.15) is 17.4 Å². The number of aliphatic carboxylic acids is 2. The Kier molecular flexibility index (Phi) is 5.79. The number of aromatic nitrogens is 4. The fourth-order valence-electron chi connectivity index (χ4n) is 4.39. The molecule has 5 unspecified atom stereocenters. The number of carboxylic acids is 2. The summed E-state index contributed by atoms with van der Waals surface area (Å²) in [6, 6.07) is 3.45. The van der Waals surface area contributed by atoms with E-state index in [1.54, 1.807) is 0 Å². The highest BCUT2D eigenvalue weighted by atomic mass is 32.2. The maximum atomic E-state index is 12.9. The topological polar surface area (TPSA) is 194 Å². The molecule has 0 aliphatic carbocycles. The van der Waals surface area contributed by atoms with Crippen molar-refractivity contribution in [2.24, 2.45) is 4.99 Å². The van der Waals surface area contributed by atoms with E-state index in [-0.39, 0.29) is 28.5 Å². The molecule has 3 aliphatic heterocycles. The predicted octanol–water partition coefficient (Wildman–Crippen LogP) is 0.386. The number of aliphatic imine (C=N–C) groups is 1. The number of β-lactam (4-membered cyclic amide) rings is 1. The number of fused-ring (bicyclic) bond motifs is 2. The molecule has 4 heterocycles. The van der Waals surface area contributed by atoms with Gasteiger partial charge in [-0.15, -0.1) is 16.9 Å². The zero-order valence-corrected chi connectivity index (χ0v) is 20.4. The lowest BCUT2D eigenvalue weighted by molar-refractivity contribution is -0.384. The van der Waals surface area contributed by atoms with Crippen molar-refractivity contribution in [2.75, 3.05) is 5.75 Å². The summed E-state index contributed by atoms with van der Waals surface area (Å²) in [6.07, 6.45) is 1.40. The quantitative estimate of drug-likeness (QED) is 0.123. The normalized spacial score (nSPS) is 27.7. The average Bonchev–Trinajstić information content (AvgIpc) is 3.27. The molecule has 0 radical (unpaired) electrons. The van der Waals surface area contributed by atoms with Crippen LogP contribution in [0.2, 0.25) is 0 Å². The smallest absolute Gasteiger partial charge is 0.352 e. The molecular formula is C19H15N7O7S3. The summed E-state index contributed by atoms with van der Waals surface area (Å²) < 4.78 is -0.431. The summed E-state index contributed by atoms with van der Waals surface area (Å²) in [5.74, 6) is -2.93. The summed E-state index contributed by atoms with van der Waals surface area (Å²) in [7, 11) is 0. The molecule has 36 heavy (non-hydrogen) atoms. The van der Waals surface area contributed by atoms with Crippen LogP contribution in [0.3, 0.4) is 0 Å². The van der Waals surface area contributed by atoms with Crippen molar-refractivity contribution in [3.63, 3.8) is 0 Å². The number of thioether (sulfide) groups is 1. The number of rotatable bonds is 7. The Morgan fingerprint density at radius 2 is 2.03 bits per heavy atom. The van der Waals surface area contributed by atoms with Crippen LogP contribution in [0.15, 0.2) is 40.5 Å². The minimum atomic E-state index is -1.51. The first-order valence-corrected chi connectivity index (χ1v) is 12.2. The van der Waals surface area contributed by atoms with Crippen molar-refractivity contribution in [1.29, 1.82) is 0 Å². The van der Waals surface area contributed by atoms with E-state index in [4.69, 9.17) is 0 Å². The SMILES string of the molecule is O=C(O)C1=C(C(S)C2(S)c3nnnn3C2C(=O)O)CSC2C(N=Cc3ccc([N+](=O)[O-])cc3)C(=O)N12. The summed E-state index contributed by atoms with van der Waals surface area (Å²) in [5, 5.41) is 39.8. The molecule has 5 atom stereocenters. The summed E-state index contributed by atoms with van der Waals surface area (Å²) >= 11 is 10.4. The Morgan fingerprint density at radius 1 is 1.33 bits per heavy atom. The first-order chi connectivity index (χ1) is 17.1. The van der Waals surface area contributed by atoms with Crippen LogP contribution in [0.4, 0.5) is 5.69 Å². The zero-order chi connectivity index (χ0) is 25.9. The maximum absolute atomic E-state index is 12.9. The van der Waals surface area contributed by atoms with Crippen molar-refractivity contribution >= 4 is 66.8 Å². The van der Waals surface area contributed by atoms with Crippen LogP contribution in [-0.2, 0) is 19.1 Å². The minimum Gasteiger partial charge on any atom is -0.480 e. The molecule has 1 aromatic heterocycles. The summed E-state index contributed by atoms with van der Waals surface area (Å²) in [4.78, 5) is 52.7. The Labute approximate surface area is 216 Å². The Hall–Kier alpha value is -3.44. The Morgan fingerprint density at radius 3 is 2.64 bits per heavy atom. The number of hydrogen-bond donors (Lipinski definition) is 4. The first kappa shape index (κ1) is 24.3. The molecule has 3 aliphatic rings. The van der Waals surface area contributed by atoms with Gasteiger partial charge in [0.05, 0.1) is 10.2 Å². The van der Waals surface area contributed by atoms with Crippen LogP contribution in [0, 0.1) is 10.1 Å². The number of nitro groups is 1. The van der Waals surface area contributed by atoms with Gasteiger partial charge < -0.3 is 10.2 Å². The number of carbonyl (C=O) groups excluding carboxylic acids is 1. The number of hydrogen-bond acceptors (Lipinski definition) is 12. The lowest BCUT2D eigenvalue weighted by Gasteiger charge is -2.51. The van der Waals surface area contributed by atoms with Crippen LogP contribution in [0.5, 0.6) is 0 Å². The van der Waals surface area contributed by atoms with Crippen LogP contribution in [0.25, 0.3) is 0 Å². The van der Waals surface area contributed by atoms with Gasteiger partial charge >= 0.3 is 11.9 Å². The lowest BCUT2D eigenvalue weighted by Crippen LogP contribution is -2.65. The number of tetrazole rings is 1. The van der Waals surface area contributed by atoms with Gasteiger partial charge in [0.1, 0.15) is 15.8 Å². The third kappa shape index (κ3) is 3.40. The number of carboxylic acid groups (broad SMARTS) is 2. The van der Waals surface area contributed by atoms with E-state index in [0.717, 1.165) is 9.58 Å². The number of nitro benzene ring substituents is 1. The molecule has 1 fully saturated rings. The van der Waals surface area contributed by atoms with Gasteiger partial charge in [-0.2, -0.15) is 25.3 Å². The second kappa shape index (κ2) is 8.59. The van der Waals surface area contributed by atoms with E-state index in [9.17, 15) is 34.7 Å². The maximum Gasteiger partial charge on any atom is 0.352 e. The van der Waals surface area contributed by atoms with E-state index < -0.39 is 50.2 Å². The van der Waals surface area contributed by atoms with Crippen molar-refractivity contribution < 1.29 is 29.5 Å². The molecule has 0 spiro atoms. The van der Waals surface area contributed by atoms with Gasteiger partial charge in [-0.05, 0) is 33.7 Å². The predicted molar refractivity (Wildman–Crippen MR) is 130 cm³/mol. The molecule has 0 saturated carbocycles. The van der Waals surface area contributed by atoms with Crippen molar-refractivity contribution in [2.45, 2.75) is 27.5 Å². The van der Waals surface area contributed by atoms with Gasteiger partial charge in [0, 0.05) is 24.1 Å². The molecular weight excluding hydrogens is 534 g/mol. The standard InChI is InChI=1S/C19H15N7O7S3/c27-14-10(20-5-7-1-3-8(4-2-7)26(32)33)15-24(14)11(16(28)29)9(6-36-15)13(34)19(35)12(17(30)31)25-18(19)21-22-23-25/h1-5,10,12-13,15,34-35H,6H2,(H,28,29)(H,30,31). The molecule has 17 heteroatoms. The largest absolute Gasteiger partial charge is 0.480 e. The zero-order valence-electron chi connectivity index (χ0n) is 17.8. The van der Waals surface area contributed by atoms with Gasteiger partial charge in [0.2, 0.25) is 0 Å². The number of amides is 1. The van der Waals surface area contributed by atoms with Gasteiger partial charge in [0.25, 0.3) is 11.6 Å². The van der Waals surface area contributed by atoms with E-state index in [1.165, 1.54) is 42.2 Å². The van der Waals surface area contributed by atoms with Gasteiger partial charge in [-0.25, -0.2) is 14.3 Å².